The Morgan fingerprint density at radius 3 is 2.61 bits per heavy atom. The van der Waals surface area contributed by atoms with Crippen LogP contribution in [0.2, 0.25) is 0 Å². The maximum Gasteiger partial charge on any atom is 0.319 e. The molecule has 1 aromatic carbocycles. The fourth-order valence-electron chi connectivity index (χ4n) is 2.93. The van der Waals surface area contributed by atoms with Crippen LogP contribution >= 0.6 is 0 Å². The van der Waals surface area contributed by atoms with Crippen LogP contribution in [0.4, 0.5) is 10.5 Å². The molecule has 6 heteroatoms. The van der Waals surface area contributed by atoms with Crippen molar-refractivity contribution in [2.45, 2.75) is 39.2 Å². The number of likely N-dealkylation sites (tertiary alicyclic amines) is 1. The number of benzene rings is 1. The molecule has 1 heterocycles. The number of piperidine rings is 1. The van der Waals surface area contributed by atoms with E-state index < -0.39 is 5.91 Å². The Hall–Kier alpha value is -2.08. The number of urea groups is 1. The van der Waals surface area contributed by atoms with Gasteiger partial charge < -0.3 is 21.3 Å². The van der Waals surface area contributed by atoms with E-state index in [1.54, 1.807) is 18.2 Å². The van der Waals surface area contributed by atoms with Crippen molar-refractivity contribution in [3.8, 4) is 0 Å². The van der Waals surface area contributed by atoms with Gasteiger partial charge in [0.05, 0.1) is 0 Å². The molecule has 1 aliphatic heterocycles. The maximum atomic E-state index is 12.1. The van der Waals surface area contributed by atoms with Crippen LogP contribution in [0.3, 0.4) is 0 Å². The molecule has 3 amide bonds. The van der Waals surface area contributed by atoms with Crippen LogP contribution in [0.15, 0.2) is 18.2 Å². The van der Waals surface area contributed by atoms with E-state index in [0.29, 0.717) is 11.3 Å². The van der Waals surface area contributed by atoms with Crippen LogP contribution in [0.1, 0.15) is 42.1 Å². The van der Waals surface area contributed by atoms with E-state index in [4.69, 9.17) is 5.73 Å². The third-order valence-corrected chi connectivity index (χ3v) is 4.22. The molecule has 1 saturated heterocycles. The number of nitrogens with zero attached hydrogens (tertiary/aromatic N) is 1. The first-order valence-corrected chi connectivity index (χ1v) is 8.20. The van der Waals surface area contributed by atoms with E-state index in [0.717, 1.165) is 44.5 Å². The van der Waals surface area contributed by atoms with Crippen molar-refractivity contribution in [2.75, 3.05) is 25.0 Å². The maximum absolute atomic E-state index is 12.1. The summed E-state index contributed by atoms with van der Waals surface area (Å²) in [5.41, 5.74) is 7.13. The van der Waals surface area contributed by atoms with E-state index in [2.05, 4.69) is 22.5 Å². The zero-order chi connectivity index (χ0) is 16.8. The van der Waals surface area contributed by atoms with Crippen LogP contribution in [-0.2, 0) is 0 Å². The Morgan fingerprint density at radius 1 is 1.30 bits per heavy atom. The van der Waals surface area contributed by atoms with E-state index in [1.807, 2.05) is 6.92 Å². The Kier molecular flexibility index (Phi) is 5.98. The number of hydrogen-bond donors (Lipinski definition) is 3. The van der Waals surface area contributed by atoms with Crippen molar-refractivity contribution in [1.82, 2.24) is 10.2 Å². The summed E-state index contributed by atoms with van der Waals surface area (Å²) in [4.78, 5) is 25.9. The lowest BCUT2D eigenvalue weighted by molar-refractivity contribution is 0.0999. The summed E-state index contributed by atoms with van der Waals surface area (Å²) in [7, 11) is 0. The zero-order valence-corrected chi connectivity index (χ0v) is 13.9. The van der Waals surface area contributed by atoms with Crippen LogP contribution in [0, 0.1) is 6.92 Å². The third kappa shape index (κ3) is 4.96. The molecule has 0 saturated carbocycles. The van der Waals surface area contributed by atoms with Crippen LogP contribution in [-0.4, -0.2) is 42.5 Å². The Bertz CT molecular complexity index is 566. The van der Waals surface area contributed by atoms with E-state index in [-0.39, 0.29) is 12.1 Å². The molecule has 1 aliphatic rings. The lowest BCUT2D eigenvalue weighted by Gasteiger charge is -2.32. The largest absolute Gasteiger partial charge is 0.366 e. The Balaban J connectivity index is 1.86. The monoisotopic (exact) mass is 318 g/mol. The second kappa shape index (κ2) is 7.97. The van der Waals surface area contributed by atoms with Gasteiger partial charge in [-0.3, -0.25) is 4.79 Å². The molecule has 0 aromatic heterocycles. The molecular weight excluding hydrogens is 292 g/mol. The predicted octanol–water partition coefficient (Wildman–Crippen LogP) is 2.09. The van der Waals surface area contributed by atoms with Gasteiger partial charge in [0.25, 0.3) is 0 Å². The van der Waals surface area contributed by atoms with Gasteiger partial charge >= 0.3 is 6.03 Å². The minimum atomic E-state index is -0.491. The van der Waals surface area contributed by atoms with Crippen molar-refractivity contribution in [3.63, 3.8) is 0 Å². The molecular formula is C17H26N4O2. The van der Waals surface area contributed by atoms with Gasteiger partial charge in [-0.1, -0.05) is 13.0 Å². The molecule has 1 aromatic rings. The number of hydrogen-bond acceptors (Lipinski definition) is 3. The molecule has 1 fully saturated rings. The van der Waals surface area contributed by atoms with E-state index in [1.165, 1.54) is 0 Å². The van der Waals surface area contributed by atoms with Gasteiger partial charge in [0, 0.05) is 30.4 Å². The van der Waals surface area contributed by atoms with Crippen molar-refractivity contribution < 1.29 is 9.59 Å². The first kappa shape index (κ1) is 17.3. The fourth-order valence-corrected chi connectivity index (χ4v) is 2.93. The highest BCUT2D eigenvalue weighted by atomic mass is 16.2. The van der Waals surface area contributed by atoms with Gasteiger partial charge in [-0.15, -0.1) is 0 Å². The molecule has 4 N–H and O–H groups in total. The summed E-state index contributed by atoms with van der Waals surface area (Å²) < 4.78 is 0. The number of nitrogens with two attached hydrogens (primary N) is 1. The minimum absolute atomic E-state index is 0.198. The topological polar surface area (TPSA) is 87.5 Å². The number of carbonyl (C=O) groups excluding carboxylic acids is 2. The molecule has 0 aliphatic carbocycles. The highest BCUT2D eigenvalue weighted by Gasteiger charge is 2.20. The van der Waals surface area contributed by atoms with Gasteiger partial charge in [-0.05, 0) is 50.4 Å². The predicted molar refractivity (Wildman–Crippen MR) is 91.6 cm³/mol. The third-order valence-electron chi connectivity index (χ3n) is 4.22. The molecule has 0 radical (unpaired) electrons. The van der Waals surface area contributed by atoms with Crippen LogP contribution < -0.4 is 16.4 Å². The number of primary amides is 1. The number of carbonyl (C=O) groups is 2. The van der Waals surface area contributed by atoms with Crippen molar-refractivity contribution >= 4 is 17.6 Å². The summed E-state index contributed by atoms with van der Waals surface area (Å²) in [6, 6.07) is 5.12. The second-order valence-electron chi connectivity index (χ2n) is 6.11. The van der Waals surface area contributed by atoms with E-state index >= 15 is 0 Å². The summed E-state index contributed by atoms with van der Waals surface area (Å²) >= 11 is 0. The quantitative estimate of drug-likeness (QED) is 0.777. The standard InChI is InChI=1S/C17H26N4O2/c1-3-8-21-9-6-13(7-10-21)19-17(23)20-14-5-4-12(2)15(11-14)16(18)22/h4-5,11,13H,3,6-10H2,1-2H3,(H2,18,22)(H2,19,20,23). The highest BCUT2D eigenvalue weighted by molar-refractivity contribution is 5.97. The number of nitrogens with one attached hydrogen (secondary N) is 2. The summed E-state index contributed by atoms with van der Waals surface area (Å²) in [6.45, 7) is 7.16. The van der Waals surface area contributed by atoms with Crippen molar-refractivity contribution in [2.24, 2.45) is 5.73 Å². The molecule has 2 rings (SSSR count). The molecule has 0 unspecified atom stereocenters. The second-order valence-corrected chi connectivity index (χ2v) is 6.11. The SMILES string of the molecule is CCCN1CCC(NC(=O)Nc2ccc(C)c(C(N)=O)c2)CC1. The van der Waals surface area contributed by atoms with Crippen LogP contribution in [0.5, 0.6) is 0 Å². The molecule has 126 valence electrons. The molecule has 23 heavy (non-hydrogen) atoms. The van der Waals surface area contributed by atoms with Crippen molar-refractivity contribution in [3.05, 3.63) is 29.3 Å². The first-order valence-electron chi connectivity index (χ1n) is 8.20. The number of anilines is 1. The van der Waals surface area contributed by atoms with Gasteiger partial charge in [0.2, 0.25) is 5.91 Å². The average Bonchev–Trinajstić information content (AvgIpc) is 2.51. The van der Waals surface area contributed by atoms with Crippen molar-refractivity contribution in [1.29, 1.82) is 0 Å². The summed E-state index contributed by atoms with van der Waals surface area (Å²) in [5.74, 6) is -0.491. The molecule has 0 bridgehead atoms. The molecule has 6 nitrogen and oxygen atoms in total. The fraction of sp³-hybridized carbons (Fsp3) is 0.529. The number of rotatable bonds is 5. The molecule has 0 spiro atoms. The van der Waals surface area contributed by atoms with Gasteiger partial charge in [0.1, 0.15) is 0 Å². The Labute approximate surface area is 137 Å². The first-order chi connectivity index (χ1) is 11.0. The summed E-state index contributed by atoms with van der Waals surface area (Å²) in [6.07, 6.45) is 3.09. The minimum Gasteiger partial charge on any atom is -0.366 e. The molecule has 0 atom stereocenters. The van der Waals surface area contributed by atoms with E-state index in [9.17, 15) is 9.59 Å². The lowest BCUT2D eigenvalue weighted by atomic mass is 10.1. The number of amides is 3. The van der Waals surface area contributed by atoms with Crippen LogP contribution in [0.25, 0.3) is 0 Å². The lowest BCUT2D eigenvalue weighted by Crippen LogP contribution is -2.46. The van der Waals surface area contributed by atoms with Gasteiger partial charge in [-0.2, -0.15) is 0 Å². The zero-order valence-electron chi connectivity index (χ0n) is 13.9. The van der Waals surface area contributed by atoms with Gasteiger partial charge in [0.15, 0.2) is 0 Å². The Morgan fingerprint density at radius 2 is 2.00 bits per heavy atom. The number of aryl methyl sites for hydroxylation is 1. The van der Waals surface area contributed by atoms with Gasteiger partial charge in [-0.25, -0.2) is 4.79 Å². The average molecular weight is 318 g/mol. The highest BCUT2D eigenvalue weighted by Crippen LogP contribution is 2.15. The smallest absolute Gasteiger partial charge is 0.319 e. The summed E-state index contributed by atoms with van der Waals surface area (Å²) in [5, 5.41) is 5.78. The normalized spacial score (nSPS) is 16.1.